The van der Waals surface area contributed by atoms with Gasteiger partial charge in [-0.15, -0.1) is 11.8 Å². The molecule has 5 nitrogen and oxygen atoms in total. The molecule has 1 heterocycles. The third-order valence-corrected chi connectivity index (χ3v) is 5.08. The Morgan fingerprint density at radius 1 is 1.13 bits per heavy atom. The highest BCUT2D eigenvalue weighted by Crippen LogP contribution is 2.28. The Bertz CT molecular complexity index is 723. The minimum absolute atomic E-state index is 0.221. The van der Waals surface area contributed by atoms with Gasteiger partial charge in [0.15, 0.2) is 0 Å². The molecule has 1 aromatic heterocycles. The molecule has 2 rings (SSSR count). The predicted molar refractivity (Wildman–Crippen MR) is 94.2 cm³/mol. The molecule has 1 aromatic carbocycles. The maximum absolute atomic E-state index is 11.8. The number of rotatable bonds is 4. The highest BCUT2D eigenvalue weighted by atomic mass is 79.9. The summed E-state index contributed by atoms with van der Waals surface area (Å²) >= 11 is 4.91. The number of carbonyl (C=O) groups excluding carboxylic acids is 2. The van der Waals surface area contributed by atoms with E-state index in [1.807, 2.05) is 26.0 Å². The molecule has 0 saturated heterocycles. The molecule has 2 N–H and O–H groups in total. The van der Waals surface area contributed by atoms with Crippen LogP contribution in [0.5, 0.6) is 0 Å². The van der Waals surface area contributed by atoms with E-state index in [9.17, 15) is 9.59 Å². The van der Waals surface area contributed by atoms with Crippen LogP contribution in [-0.2, 0) is 4.79 Å². The van der Waals surface area contributed by atoms with Crippen molar-refractivity contribution in [3.63, 3.8) is 0 Å². The second-order valence-corrected chi connectivity index (χ2v) is 6.77. The number of aromatic nitrogens is 1. The Morgan fingerprint density at radius 3 is 2.52 bits per heavy atom. The van der Waals surface area contributed by atoms with Crippen molar-refractivity contribution in [2.24, 2.45) is 0 Å². The van der Waals surface area contributed by atoms with Crippen molar-refractivity contribution >= 4 is 39.5 Å². The zero-order valence-corrected chi connectivity index (χ0v) is 15.1. The van der Waals surface area contributed by atoms with Gasteiger partial charge >= 0.3 is 0 Å². The maximum Gasteiger partial charge on any atom is 0.269 e. The highest BCUT2D eigenvalue weighted by Gasteiger charge is 2.09. The number of benzene rings is 1. The molecule has 0 spiro atoms. The number of nitrogens with zero attached hydrogens (tertiary/aromatic N) is 1. The summed E-state index contributed by atoms with van der Waals surface area (Å²) in [6, 6.07) is 7.21. The SMILES string of the molecule is Cc1cc(SCC(=O)NNC(=O)c2ccncc2)c(C)cc1Br. The summed E-state index contributed by atoms with van der Waals surface area (Å²) in [6.45, 7) is 4.00. The Labute approximate surface area is 147 Å². The van der Waals surface area contributed by atoms with E-state index in [0.29, 0.717) is 5.56 Å². The highest BCUT2D eigenvalue weighted by molar-refractivity contribution is 9.10. The zero-order valence-electron chi connectivity index (χ0n) is 12.7. The summed E-state index contributed by atoms with van der Waals surface area (Å²) in [4.78, 5) is 28.5. The van der Waals surface area contributed by atoms with Gasteiger partial charge in [-0.05, 0) is 49.2 Å². The summed E-state index contributed by atoms with van der Waals surface area (Å²) < 4.78 is 1.05. The van der Waals surface area contributed by atoms with Crippen LogP contribution in [0.1, 0.15) is 21.5 Å². The number of aryl methyl sites for hydroxylation is 2. The number of hydrogen-bond donors (Lipinski definition) is 2. The van der Waals surface area contributed by atoms with Crippen LogP contribution < -0.4 is 10.9 Å². The van der Waals surface area contributed by atoms with E-state index in [1.54, 1.807) is 12.1 Å². The Hall–Kier alpha value is -1.86. The monoisotopic (exact) mass is 393 g/mol. The molecular formula is C16H16BrN3O2S. The van der Waals surface area contributed by atoms with Crippen LogP contribution in [0, 0.1) is 13.8 Å². The lowest BCUT2D eigenvalue weighted by atomic mass is 10.2. The summed E-state index contributed by atoms with van der Waals surface area (Å²) in [5, 5.41) is 0. The van der Waals surface area contributed by atoms with Crippen molar-refractivity contribution in [1.82, 2.24) is 15.8 Å². The Morgan fingerprint density at radius 2 is 1.83 bits per heavy atom. The van der Waals surface area contributed by atoms with E-state index in [-0.39, 0.29) is 17.6 Å². The van der Waals surface area contributed by atoms with Gasteiger partial charge in [-0.1, -0.05) is 15.9 Å². The molecule has 0 aliphatic heterocycles. The van der Waals surface area contributed by atoms with Crippen LogP contribution in [0.3, 0.4) is 0 Å². The maximum atomic E-state index is 11.8. The Kier molecular flexibility index (Phi) is 6.18. The van der Waals surface area contributed by atoms with Crippen molar-refractivity contribution in [2.75, 3.05) is 5.75 Å². The van der Waals surface area contributed by atoms with Crippen LogP contribution in [0.25, 0.3) is 0 Å². The number of thioether (sulfide) groups is 1. The molecule has 0 unspecified atom stereocenters. The molecular weight excluding hydrogens is 378 g/mol. The lowest BCUT2D eigenvalue weighted by molar-refractivity contribution is -0.119. The fraction of sp³-hybridized carbons (Fsp3) is 0.188. The molecule has 0 aliphatic carbocycles. The van der Waals surface area contributed by atoms with E-state index in [0.717, 1.165) is 20.5 Å². The largest absolute Gasteiger partial charge is 0.272 e. The average Bonchev–Trinajstić information content (AvgIpc) is 2.55. The van der Waals surface area contributed by atoms with Crippen molar-refractivity contribution in [3.05, 3.63) is 57.8 Å². The van der Waals surface area contributed by atoms with Crippen molar-refractivity contribution < 1.29 is 9.59 Å². The molecule has 0 aliphatic rings. The first-order valence-electron chi connectivity index (χ1n) is 6.86. The number of carbonyl (C=O) groups is 2. The number of hydrogen-bond acceptors (Lipinski definition) is 4. The van der Waals surface area contributed by atoms with Gasteiger partial charge in [0, 0.05) is 27.3 Å². The van der Waals surface area contributed by atoms with Gasteiger partial charge in [0.1, 0.15) is 0 Å². The lowest BCUT2D eigenvalue weighted by Gasteiger charge is -2.10. The minimum Gasteiger partial charge on any atom is -0.272 e. The van der Waals surface area contributed by atoms with Gasteiger partial charge in [-0.3, -0.25) is 25.4 Å². The first-order valence-corrected chi connectivity index (χ1v) is 8.64. The van der Waals surface area contributed by atoms with E-state index in [1.165, 1.54) is 24.2 Å². The average molecular weight is 394 g/mol. The van der Waals surface area contributed by atoms with E-state index < -0.39 is 0 Å². The summed E-state index contributed by atoms with van der Waals surface area (Å²) in [5.41, 5.74) is 7.44. The zero-order chi connectivity index (χ0) is 16.8. The smallest absolute Gasteiger partial charge is 0.269 e. The van der Waals surface area contributed by atoms with Gasteiger partial charge in [0.05, 0.1) is 5.75 Å². The van der Waals surface area contributed by atoms with Crippen LogP contribution in [0.4, 0.5) is 0 Å². The van der Waals surface area contributed by atoms with Crippen LogP contribution in [0.15, 0.2) is 46.0 Å². The number of hydrazine groups is 1. The number of pyridine rings is 1. The van der Waals surface area contributed by atoms with Crippen molar-refractivity contribution in [3.8, 4) is 0 Å². The van der Waals surface area contributed by atoms with E-state index >= 15 is 0 Å². The molecule has 0 radical (unpaired) electrons. The molecule has 2 amide bonds. The lowest BCUT2D eigenvalue weighted by Crippen LogP contribution is -2.42. The summed E-state index contributed by atoms with van der Waals surface area (Å²) in [6.07, 6.45) is 3.04. The molecule has 0 atom stereocenters. The molecule has 120 valence electrons. The van der Waals surface area contributed by atoms with Crippen molar-refractivity contribution in [2.45, 2.75) is 18.7 Å². The number of nitrogens with one attached hydrogen (secondary N) is 2. The first kappa shape index (κ1) is 17.5. The van der Waals surface area contributed by atoms with Gasteiger partial charge in [0.25, 0.3) is 5.91 Å². The molecule has 0 saturated carbocycles. The van der Waals surface area contributed by atoms with Crippen LogP contribution in [0.2, 0.25) is 0 Å². The molecule has 23 heavy (non-hydrogen) atoms. The van der Waals surface area contributed by atoms with Crippen LogP contribution in [-0.4, -0.2) is 22.6 Å². The standard InChI is InChI=1S/C16H16BrN3O2S/c1-10-8-14(11(2)7-13(10)17)23-9-15(21)19-20-16(22)12-3-5-18-6-4-12/h3-8H,9H2,1-2H3,(H,19,21)(H,20,22). The molecule has 7 heteroatoms. The number of halogens is 1. The Balaban J connectivity index is 1.84. The second kappa shape index (κ2) is 8.12. The summed E-state index contributed by atoms with van der Waals surface area (Å²) in [7, 11) is 0. The quantitative estimate of drug-likeness (QED) is 0.618. The fourth-order valence-electron chi connectivity index (χ4n) is 1.79. The predicted octanol–water partition coefficient (Wildman–Crippen LogP) is 3.01. The van der Waals surface area contributed by atoms with Gasteiger partial charge < -0.3 is 0 Å². The van der Waals surface area contributed by atoms with E-state index in [2.05, 4.69) is 31.8 Å². The van der Waals surface area contributed by atoms with Gasteiger partial charge in [-0.25, -0.2) is 0 Å². The first-order chi connectivity index (χ1) is 11.0. The number of amides is 2. The normalized spacial score (nSPS) is 10.2. The molecule has 2 aromatic rings. The van der Waals surface area contributed by atoms with Gasteiger partial charge in [-0.2, -0.15) is 0 Å². The summed E-state index contributed by atoms with van der Waals surface area (Å²) in [5.74, 6) is -0.419. The topological polar surface area (TPSA) is 71.1 Å². The molecule has 0 fully saturated rings. The fourth-order valence-corrected chi connectivity index (χ4v) is 3.15. The third kappa shape index (κ3) is 5.07. The minimum atomic E-state index is -0.374. The van der Waals surface area contributed by atoms with Crippen molar-refractivity contribution in [1.29, 1.82) is 0 Å². The second-order valence-electron chi connectivity index (χ2n) is 4.89. The van der Waals surface area contributed by atoms with Crippen LogP contribution >= 0.6 is 27.7 Å². The third-order valence-electron chi connectivity index (χ3n) is 3.07. The van der Waals surface area contributed by atoms with E-state index in [4.69, 9.17) is 0 Å². The van der Waals surface area contributed by atoms with Gasteiger partial charge in [0.2, 0.25) is 5.91 Å². The molecule has 0 bridgehead atoms.